The van der Waals surface area contributed by atoms with Crippen LogP contribution in [-0.4, -0.2) is 30.6 Å². The van der Waals surface area contributed by atoms with Crippen LogP contribution in [0.4, 0.5) is 26.3 Å². The molecule has 0 saturated heterocycles. The van der Waals surface area contributed by atoms with Crippen LogP contribution in [0, 0.1) is 0 Å². The molecule has 2 aromatic heterocycles. The molecule has 0 aliphatic heterocycles. The lowest BCUT2D eigenvalue weighted by atomic mass is 10.1. The van der Waals surface area contributed by atoms with Gasteiger partial charge in [-0.3, -0.25) is 4.79 Å². The fourth-order valence-corrected chi connectivity index (χ4v) is 3.19. The van der Waals surface area contributed by atoms with Crippen molar-refractivity contribution in [1.29, 1.82) is 0 Å². The quantitative estimate of drug-likeness (QED) is 0.307. The molecule has 13 heteroatoms. The van der Waals surface area contributed by atoms with Gasteiger partial charge in [-0.1, -0.05) is 24.3 Å². The van der Waals surface area contributed by atoms with Crippen LogP contribution in [0.2, 0.25) is 0 Å². The molecule has 0 spiro atoms. The molecule has 7 nitrogen and oxygen atoms in total. The van der Waals surface area contributed by atoms with Crippen molar-refractivity contribution in [2.45, 2.75) is 12.4 Å². The molecular weight excluding hydrogens is 490 g/mol. The number of rotatable bonds is 5. The van der Waals surface area contributed by atoms with Crippen LogP contribution in [0.1, 0.15) is 16.7 Å². The zero-order valence-corrected chi connectivity index (χ0v) is 17.9. The summed E-state index contributed by atoms with van der Waals surface area (Å²) < 4.78 is 78.9. The molecule has 2 heterocycles. The smallest absolute Gasteiger partial charge is 0.366 e. The number of aromatic nitrogens is 5. The maximum atomic E-state index is 13.0. The zero-order chi connectivity index (χ0) is 26.1. The Morgan fingerprint density at radius 2 is 1.31 bits per heavy atom. The number of hydrogen-bond acceptors (Lipinski definition) is 5. The highest BCUT2D eigenvalue weighted by molar-refractivity contribution is 6.22. The van der Waals surface area contributed by atoms with Crippen LogP contribution in [0.15, 0.2) is 67.3 Å². The minimum Gasteiger partial charge on any atom is -0.366 e. The van der Waals surface area contributed by atoms with E-state index in [4.69, 9.17) is 5.73 Å². The second-order valence-electron chi connectivity index (χ2n) is 7.39. The molecule has 2 N–H and O–H groups in total. The summed E-state index contributed by atoms with van der Waals surface area (Å²) >= 11 is 0. The highest BCUT2D eigenvalue weighted by Crippen LogP contribution is 2.33. The number of nitrogens with two attached hydrogens (primary N) is 1. The van der Waals surface area contributed by atoms with E-state index < -0.39 is 29.4 Å². The molecule has 36 heavy (non-hydrogen) atoms. The van der Waals surface area contributed by atoms with Gasteiger partial charge in [-0.25, -0.2) is 19.6 Å². The van der Waals surface area contributed by atoms with Gasteiger partial charge in [-0.2, -0.15) is 26.3 Å². The number of amides is 1. The summed E-state index contributed by atoms with van der Waals surface area (Å²) in [6, 6.07) is 8.00. The van der Waals surface area contributed by atoms with E-state index in [2.05, 4.69) is 20.1 Å². The minimum atomic E-state index is -4.57. The molecule has 0 atom stereocenters. The Morgan fingerprint density at radius 3 is 1.78 bits per heavy atom. The predicted molar refractivity (Wildman–Crippen MR) is 116 cm³/mol. The van der Waals surface area contributed by atoms with Gasteiger partial charge in [-0.05, 0) is 24.3 Å². The van der Waals surface area contributed by atoms with E-state index in [9.17, 15) is 31.1 Å². The summed E-state index contributed by atoms with van der Waals surface area (Å²) in [4.78, 5) is 24.1. The Kier molecular flexibility index (Phi) is 6.31. The Balaban J connectivity index is 1.86. The highest BCUT2D eigenvalue weighted by Gasteiger charge is 2.31. The fourth-order valence-electron chi connectivity index (χ4n) is 3.19. The van der Waals surface area contributed by atoms with Gasteiger partial charge >= 0.3 is 12.4 Å². The molecule has 0 bridgehead atoms. The number of carbonyl (C=O) groups excluding carboxylic acids is 1. The van der Waals surface area contributed by atoms with Crippen LogP contribution in [0.25, 0.3) is 34.5 Å². The number of halogens is 6. The lowest BCUT2D eigenvalue weighted by molar-refractivity contribution is -0.138. The maximum absolute atomic E-state index is 13.0. The standard InChI is InChI=1S/C23H14F6N6O/c24-22(25,26)16-5-1-13(2-6-16)20-33-21(14-3-7-17(8-4-14)23(27,28)29)35(34-20)11-18(19(30)36)15-9-31-12-32-10-15/h1-12H,(H2,30,36). The molecule has 0 unspecified atom stereocenters. The van der Waals surface area contributed by atoms with Crippen LogP contribution in [-0.2, 0) is 17.1 Å². The van der Waals surface area contributed by atoms with Crippen molar-refractivity contribution in [3.05, 3.63) is 83.9 Å². The largest absolute Gasteiger partial charge is 0.416 e. The van der Waals surface area contributed by atoms with E-state index in [1.807, 2.05) is 0 Å². The molecule has 0 fully saturated rings. The van der Waals surface area contributed by atoms with Gasteiger partial charge in [-0.15, -0.1) is 5.10 Å². The average molecular weight is 504 g/mol. The van der Waals surface area contributed by atoms with Crippen molar-refractivity contribution >= 4 is 17.7 Å². The number of alkyl halides is 6. The number of carbonyl (C=O) groups is 1. The van der Waals surface area contributed by atoms with Crippen molar-refractivity contribution in [2.24, 2.45) is 5.73 Å². The predicted octanol–water partition coefficient (Wildman–Crippen LogP) is 4.92. The maximum Gasteiger partial charge on any atom is 0.416 e. The van der Waals surface area contributed by atoms with E-state index in [1.165, 1.54) is 24.9 Å². The van der Waals surface area contributed by atoms with Crippen molar-refractivity contribution in [2.75, 3.05) is 0 Å². The van der Waals surface area contributed by atoms with Gasteiger partial charge < -0.3 is 5.73 Å². The number of nitrogens with zero attached hydrogens (tertiary/aromatic N) is 5. The topological polar surface area (TPSA) is 99.6 Å². The highest BCUT2D eigenvalue weighted by atomic mass is 19.4. The van der Waals surface area contributed by atoms with Gasteiger partial charge in [0.05, 0.1) is 16.7 Å². The number of hydrogen-bond donors (Lipinski definition) is 1. The Hall–Kier alpha value is -4.55. The van der Waals surface area contributed by atoms with Crippen molar-refractivity contribution < 1.29 is 31.1 Å². The summed E-state index contributed by atoms with van der Waals surface area (Å²) in [5, 5.41) is 4.24. The molecule has 2 aromatic carbocycles. The third-order valence-corrected chi connectivity index (χ3v) is 4.96. The van der Waals surface area contributed by atoms with Gasteiger partial charge in [0, 0.05) is 35.3 Å². The fraction of sp³-hybridized carbons (Fsp3) is 0.0870. The first-order valence-electron chi connectivity index (χ1n) is 10.0. The van der Waals surface area contributed by atoms with Gasteiger partial charge in [0.25, 0.3) is 5.91 Å². The van der Waals surface area contributed by atoms with Crippen molar-refractivity contribution in [3.8, 4) is 22.8 Å². The van der Waals surface area contributed by atoms with Crippen LogP contribution >= 0.6 is 0 Å². The number of benzene rings is 2. The summed E-state index contributed by atoms with van der Waals surface area (Å²) in [6.45, 7) is 0. The van der Waals surface area contributed by atoms with Gasteiger partial charge in [0.1, 0.15) is 6.33 Å². The molecule has 4 rings (SSSR count). The molecule has 0 aliphatic rings. The summed E-state index contributed by atoms with van der Waals surface area (Å²) in [5.74, 6) is -0.910. The SMILES string of the molecule is NC(=O)C(=Cn1nc(-c2ccc(C(F)(F)F)cc2)nc1-c1ccc(C(F)(F)F)cc1)c1cncnc1. The molecular formula is C23H14F6N6O. The normalized spacial score (nSPS) is 12.6. The average Bonchev–Trinajstić information content (AvgIpc) is 3.26. The molecule has 1 amide bonds. The van der Waals surface area contributed by atoms with E-state index in [-0.39, 0.29) is 33.9 Å². The Morgan fingerprint density at radius 1 is 0.806 bits per heavy atom. The monoisotopic (exact) mass is 504 g/mol. The molecule has 0 radical (unpaired) electrons. The second kappa shape index (κ2) is 9.24. The summed E-state index contributed by atoms with van der Waals surface area (Å²) in [6.07, 6.45) is -4.07. The van der Waals surface area contributed by atoms with Gasteiger partial charge in [0.15, 0.2) is 11.6 Å². The molecule has 4 aromatic rings. The first-order valence-corrected chi connectivity index (χ1v) is 10.0. The van der Waals surface area contributed by atoms with Crippen molar-refractivity contribution in [1.82, 2.24) is 24.7 Å². The van der Waals surface area contributed by atoms with E-state index in [0.717, 1.165) is 53.2 Å². The molecule has 0 aliphatic carbocycles. The van der Waals surface area contributed by atoms with Gasteiger partial charge in [0.2, 0.25) is 0 Å². The second-order valence-corrected chi connectivity index (χ2v) is 7.39. The third kappa shape index (κ3) is 5.24. The Labute approximate surface area is 198 Å². The van der Waals surface area contributed by atoms with E-state index in [1.54, 1.807) is 0 Å². The Bertz CT molecular complexity index is 1410. The molecule has 0 saturated carbocycles. The van der Waals surface area contributed by atoms with Crippen molar-refractivity contribution in [3.63, 3.8) is 0 Å². The lowest BCUT2D eigenvalue weighted by Gasteiger charge is -2.08. The number of primary amides is 1. The minimum absolute atomic E-state index is 0.00854. The third-order valence-electron chi connectivity index (χ3n) is 4.96. The van der Waals surface area contributed by atoms with Crippen LogP contribution in [0.3, 0.4) is 0 Å². The first-order chi connectivity index (χ1) is 16.9. The lowest BCUT2D eigenvalue weighted by Crippen LogP contribution is -2.14. The van der Waals surface area contributed by atoms with Crippen LogP contribution in [0.5, 0.6) is 0 Å². The first kappa shape index (κ1) is 24.6. The molecule has 184 valence electrons. The zero-order valence-electron chi connectivity index (χ0n) is 17.9. The van der Waals surface area contributed by atoms with E-state index >= 15 is 0 Å². The summed E-state index contributed by atoms with van der Waals surface area (Å²) in [5.41, 5.74) is 4.25. The summed E-state index contributed by atoms with van der Waals surface area (Å²) in [7, 11) is 0. The van der Waals surface area contributed by atoms with E-state index in [0.29, 0.717) is 0 Å². The van der Waals surface area contributed by atoms with Crippen LogP contribution < -0.4 is 5.73 Å².